The smallest absolute Gasteiger partial charge is 0.420 e. The second-order valence-corrected chi connectivity index (χ2v) is 5.97. The van der Waals surface area contributed by atoms with E-state index in [-0.39, 0.29) is 12.5 Å². The molecule has 0 radical (unpaired) electrons. The van der Waals surface area contributed by atoms with Crippen molar-refractivity contribution < 1.29 is 19.1 Å². The van der Waals surface area contributed by atoms with Crippen molar-refractivity contribution in [1.29, 1.82) is 0 Å². The van der Waals surface area contributed by atoms with Crippen molar-refractivity contribution >= 4 is 28.8 Å². The van der Waals surface area contributed by atoms with E-state index in [0.29, 0.717) is 27.9 Å². The summed E-state index contributed by atoms with van der Waals surface area (Å²) >= 11 is 0. The van der Waals surface area contributed by atoms with Crippen LogP contribution in [0.3, 0.4) is 0 Å². The summed E-state index contributed by atoms with van der Waals surface area (Å²) in [5.41, 5.74) is 2.44. The molecule has 0 bridgehead atoms. The largest absolute Gasteiger partial charge is 0.465 e. The van der Waals surface area contributed by atoms with Crippen LogP contribution in [-0.2, 0) is 6.54 Å². The van der Waals surface area contributed by atoms with Gasteiger partial charge in [0.2, 0.25) is 0 Å². The van der Waals surface area contributed by atoms with Gasteiger partial charge in [-0.05, 0) is 35.9 Å². The highest BCUT2D eigenvalue weighted by atomic mass is 16.4. The van der Waals surface area contributed by atoms with Crippen molar-refractivity contribution in [3.8, 4) is 0 Å². The predicted octanol–water partition coefficient (Wildman–Crippen LogP) is 2.43. The van der Waals surface area contributed by atoms with Crippen LogP contribution >= 0.6 is 0 Å². The molecule has 0 fully saturated rings. The first-order chi connectivity index (χ1) is 12.3. The maximum atomic E-state index is 12.2. The number of nitrogens with one attached hydrogen (secondary N) is 1. The first kappa shape index (κ1) is 17.3. The van der Waals surface area contributed by atoms with Crippen LogP contribution in [0.25, 0.3) is 11.1 Å². The van der Waals surface area contributed by atoms with Gasteiger partial charge in [-0.25, -0.2) is 9.59 Å². The van der Waals surface area contributed by atoms with Gasteiger partial charge in [-0.3, -0.25) is 14.7 Å². The molecule has 1 heterocycles. The highest BCUT2D eigenvalue weighted by Crippen LogP contribution is 2.18. The summed E-state index contributed by atoms with van der Waals surface area (Å²) in [7, 11) is 3.30. The third-order valence-electron chi connectivity index (χ3n) is 3.84. The van der Waals surface area contributed by atoms with E-state index in [9.17, 15) is 14.4 Å². The van der Waals surface area contributed by atoms with Gasteiger partial charge in [-0.2, -0.15) is 0 Å². The molecule has 26 heavy (non-hydrogen) atoms. The lowest BCUT2D eigenvalue weighted by atomic mass is 10.1. The fraction of sp³-hybridized carbons (Fsp3) is 0.167. The number of hydrogen-bond donors (Lipinski definition) is 2. The minimum absolute atomic E-state index is 0.181. The Kier molecular flexibility index (Phi) is 4.49. The third-order valence-corrected chi connectivity index (χ3v) is 3.84. The number of nitrogens with zero attached hydrogens (tertiary/aromatic N) is 2. The van der Waals surface area contributed by atoms with Crippen LogP contribution in [-0.4, -0.2) is 40.7 Å². The molecule has 0 saturated carbocycles. The molecule has 1 aromatic heterocycles. The monoisotopic (exact) mass is 355 g/mol. The van der Waals surface area contributed by atoms with Gasteiger partial charge < -0.3 is 14.4 Å². The van der Waals surface area contributed by atoms with Crippen molar-refractivity contribution in [2.45, 2.75) is 6.54 Å². The van der Waals surface area contributed by atoms with Gasteiger partial charge in [-0.1, -0.05) is 12.1 Å². The average Bonchev–Trinajstić information content (AvgIpc) is 2.89. The van der Waals surface area contributed by atoms with E-state index in [1.807, 2.05) is 0 Å². The van der Waals surface area contributed by atoms with E-state index in [1.54, 1.807) is 56.6 Å². The third kappa shape index (κ3) is 3.44. The Bertz CT molecular complexity index is 1050. The van der Waals surface area contributed by atoms with Crippen molar-refractivity contribution in [3.63, 3.8) is 0 Å². The zero-order valence-electron chi connectivity index (χ0n) is 14.2. The molecular formula is C18H17N3O5. The van der Waals surface area contributed by atoms with E-state index >= 15 is 0 Å². The molecular weight excluding hydrogens is 338 g/mol. The Labute approximate surface area is 148 Å². The van der Waals surface area contributed by atoms with Crippen LogP contribution in [0.4, 0.5) is 10.5 Å². The van der Waals surface area contributed by atoms with Gasteiger partial charge in [0.1, 0.15) is 0 Å². The lowest BCUT2D eigenvalue weighted by Crippen LogP contribution is -2.21. The first-order valence-corrected chi connectivity index (χ1v) is 7.79. The van der Waals surface area contributed by atoms with Crippen molar-refractivity contribution in [3.05, 3.63) is 64.1 Å². The summed E-state index contributed by atoms with van der Waals surface area (Å²) in [4.78, 5) is 36.6. The molecule has 0 unspecified atom stereocenters. The summed E-state index contributed by atoms with van der Waals surface area (Å²) in [5, 5.41) is 11.1. The molecule has 8 nitrogen and oxygen atoms in total. The number of carboxylic acid groups (broad SMARTS) is 1. The summed E-state index contributed by atoms with van der Waals surface area (Å²) in [5.74, 6) is -0.731. The Morgan fingerprint density at radius 3 is 2.65 bits per heavy atom. The second kappa shape index (κ2) is 6.75. The van der Waals surface area contributed by atoms with Crippen LogP contribution in [0, 0.1) is 0 Å². The van der Waals surface area contributed by atoms with Crippen molar-refractivity contribution in [1.82, 2.24) is 9.47 Å². The van der Waals surface area contributed by atoms with Gasteiger partial charge in [0, 0.05) is 25.3 Å². The molecule has 0 aliphatic carbocycles. The average molecular weight is 355 g/mol. The molecule has 3 aromatic rings. The molecule has 0 saturated heterocycles. The molecule has 2 aromatic carbocycles. The lowest BCUT2D eigenvalue weighted by Gasteiger charge is -2.10. The number of hydrogen-bond acceptors (Lipinski definition) is 4. The number of carbonyl (C=O) groups is 2. The number of aromatic nitrogens is 1. The molecule has 0 aliphatic heterocycles. The maximum absolute atomic E-state index is 12.2. The van der Waals surface area contributed by atoms with Crippen LogP contribution in [0.15, 0.2) is 51.7 Å². The summed E-state index contributed by atoms with van der Waals surface area (Å²) in [6, 6.07) is 11.5. The summed E-state index contributed by atoms with van der Waals surface area (Å²) in [6.07, 6.45) is -1.17. The van der Waals surface area contributed by atoms with E-state index in [2.05, 4.69) is 5.32 Å². The van der Waals surface area contributed by atoms with E-state index in [1.165, 1.54) is 9.47 Å². The van der Waals surface area contributed by atoms with Gasteiger partial charge in [0.25, 0.3) is 5.91 Å². The van der Waals surface area contributed by atoms with E-state index in [0.717, 1.165) is 0 Å². The Hall–Kier alpha value is -3.55. The topological polar surface area (TPSA) is 105 Å². The molecule has 134 valence electrons. The zero-order chi connectivity index (χ0) is 18.8. The number of fused-ring (bicyclic) bond motifs is 1. The maximum Gasteiger partial charge on any atom is 0.420 e. The van der Waals surface area contributed by atoms with Gasteiger partial charge in [0.15, 0.2) is 5.58 Å². The van der Waals surface area contributed by atoms with Crippen LogP contribution < -0.4 is 11.1 Å². The van der Waals surface area contributed by atoms with Crippen LogP contribution in [0.1, 0.15) is 15.9 Å². The molecule has 0 aliphatic rings. The summed E-state index contributed by atoms with van der Waals surface area (Å²) in [6.45, 7) is 0.181. The summed E-state index contributed by atoms with van der Waals surface area (Å²) < 4.78 is 6.64. The highest BCUT2D eigenvalue weighted by molar-refractivity contribution is 5.96. The molecule has 2 amide bonds. The standard InChI is InChI=1S/C18H17N3O5/c1-20(2)16(22)12-6-7-15-14(9-12)21(18(25)26-15)10-11-4-3-5-13(8-11)19-17(23)24/h3-9,19H,10H2,1-2H3,(H,23,24). The Morgan fingerprint density at radius 2 is 1.96 bits per heavy atom. The lowest BCUT2D eigenvalue weighted by molar-refractivity contribution is 0.0827. The zero-order valence-corrected chi connectivity index (χ0v) is 14.2. The molecule has 0 atom stereocenters. The number of carbonyl (C=O) groups excluding carboxylic acids is 1. The van der Waals surface area contributed by atoms with Gasteiger partial charge in [-0.15, -0.1) is 0 Å². The fourth-order valence-corrected chi connectivity index (χ4v) is 2.66. The van der Waals surface area contributed by atoms with Gasteiger partial charge in [0.05, 0.1) is 12.1 Å². The quantitative estimate of drug-likeness (QED) is 0.748. The van der Waals surface area contributed by atoms with E-state index < -0.39 is 11.8 Å². The van der Waals surface area contributed by atoms with Crippen molar-refractivity contribution in [2.24, 2.45) is 0 Å². The Morgan fingerprint density at radius 1 is 1.19 bits per heavy atom. The number of amides is 2. The molecule has 0 spiro atoms. The molecule has 3 rings (SSSR count). The van der Waals surface area contributed by atoms with Crippen LogP contribution in [0.5, 0.6) is 0 Å². The fourth-order valence-electron chi connectivity index (χ4n) is 2.66. The molecule has 2 N–H and O–H groups in total. The number of oxazole rings is 1. The normalized spacial score (nSPS) is 10.7. The highest BCUT2D eigenvalue weighted by Gasteiger charge is 2.14. The minimum Gasteiger partial charge on any atom is -0.465 e. The SMILES string of the molecule is CN(C)C(=O)c1ccc2oc(=O)n(Cc3cccc(NC(=O)O)c3)c2c1. The Balaban J connectivity index is 2.01. The first-order valence-electron chi connectivity index (χ1n) is 7.79. The van der Waals surface area contributed by atoms with E-state index in [4.69, 9.17) is 9.52 Å². The van der Waals surface area contributed by atoms with Crippen molar-refractivity contribution in [2.75, 3.05) is 19.4 Å². The molecule has 8 heteroatoms. The number of benzene rings is 2. The predicted molar refractivity (Wildman–Crippen MR) is 95.7 cm³/mol. The minimum atomic E-state index is -1.17. The number of anilines is 1. The van der Waals surface area contributed by atoms with Crippen LogP contribution in [0.2, 0.25) is 0 Å². The number of rotatable bonds is 4. The second-order valence-electron chi connectivity index (χ2n) is 5.97. The van der Waals surface area contributed by atoms with Gasteiger partial charge >= 0.3 is 11.8 Å².